The van der Waals surface area contributed by atoms with Gasteiger partial charge in [-0.1, -0.05) is 6.07 Å². The van der Waals surface area contributed by atoms with Crippen LogP contribution in [0.2, 0.25) is 0 Å². The molecule has 103 valence electrons. The molecule has 0 spiro atoms. The van der Waals surface area contributed by atoms with E-state index < -0.39 is 5.97 Å². The van der Waals surface area contributed by atoms with Gasteiger partial charge >= 0.3 is 103 Å². The normalized spacial score (nSPS) is 4.84. The summed E-state index contributed by atoms with van der Waals surface area (Å²) in [6.45, 7) is 0. The van der Waals surface area contributed by atoms with E-state index in [-0.39, 0.29) is 143 Å². The standard InChI is InChI=1S/C6H5NO2.2K.2H2O2.3H2O.V/c8-6(9)5-3-1-2-4-7-5;;;2*1-2;;;;/h1-4H,(H,8,9);;;2*1-2H;3*1H2;/q;2*+1;;;;;;/p-2. The predicted octanol–water partition coefficient (Wildman–Crippen LogP) is -8.34. The van der Waals surface area contributed by atoms with E-state index in [1.807, 2.05) is 0 Å². The minimum Gasteiger partial charge on any atom is -0.870 e. The van der Waals surface area contributed by atoms with Gasteiger partial charge in [0.05, 0.1) is 11.7 Å². The molecule has 1 aromatic rings. The van der Waals surface area contributed by atoms with Crippen LogP contribution in [-0.4, -0.2) is 48.4 Å². The molecule has 10 nitrogen and oxygen atoms in total. The molecule has 1 radical (unpaired) electrons. The van der Waals surface area contributed by atoms with Gasteiger partial charge in [0, 0.05) is 24.8 Å². The van der Waals surface area contributed by atoms with Gasteiger partial charge in [-0.2, -0.15) is 0 Å². The second-order valence-electron chi connectivity index (χ2n) is 1.50. The van der Waals surface area contributed by atoms with E-state index >= 15 is 0 Å². The number of hydrogen-bond acceptors (Lipinski definition) is 8. The molecule has 0 aliphatic heterocycles. The maximum absolute atomic E-state index is 10.0. The third-order valence-corrected chi connectivity index (χ3v) is 0.874. The van der Waals surface area contributed by atoms with Crippen molar-refractivity contribution >= 4 is 5.97 Å². The number of aromatic carboxylic acids is 1. The van der Waals surface area contributed by atoms with Crippen molar-refractivity contribution in [2.24, 2.45) is 0 Å². The van der Waals surface area contributed by atoms with Crippen LogP contribution in [0.4, 0.5) is 0 Å². The molecule has 0 fully saturated rings. The monoisotopic (exact) mass is 372 g/mol. The Kier molecular flexibility index (Phi) is 112. The van der Waals surface area contributed by atoms with Crippen LogP contribution in [0, 0.1) is 0 Å². The fraction of sp³-hybridized carbons (Fsp3) is 0. The summed E-state index contributed by atoms with van der Waals surface area (Å²) in [7, 11) is 0. The molecule has 1 aromatic heterocycles. The molecular weight excluding hydrogens is 359 g/mol. The molecule has 0 aliphatic rings. The summed E-state index contributed by atoms with van der Waals surface area (Å²) in [4.78, 5) is 13.5. The van der Waals surface area contributed by atoms with Crippen molar-refractivity contribution in [2.45, 2.75) is 0 Å². The van der Waals surface area contributed by atoms with E-state index in [0.29, 0.717) is 0 Å². The second-order valence-corrected chi connectivity index (χ2v) is 1.50. The number of aromatic nitrogens is 1. The van der Waals surface area contributed by atoms with Gasteiger partial charge in [0.15, 0.2) is 0 Å². The molecule has 0 saturated carbocycles. The Hall–Kier alpha value is 2.20. The summed E-state index contributed by atoms with van der Waals surface area (Å²) < 4.78 is 0. The van der Waals surface area contributed by atoms with Crippen molar-refractivity contribution in [1.82, 2.24) is 4.98 Å². The van der Waals surface area contributed by atoms with Crippen LogP contribution >= 0.6 is 0 Å². The first-order valence-corrected chi connectivity index (χ1v) is 2.83. The van der Waals surface area contributed by atoms with Gasteiger partial charge < -0.3 is 26.3 Å². The average molecular weight is 372 g/mol. The number of pyridine rings is 1. The number of nitrogens with zero attached hydrogens (tertiary/aromatic N) is 1. The molecule has 0 aliphatic carbocycles. The Morgan fingerprint density at radius 3 is 1.58 bits per heavy atom. The summed E-state index contributed by atoms with van der Waals surface area (Å²) in [5.41, 5.74) is -0.0301. The van der Waals surface area contributed by atoms with E-state index in [0.717, 1.165) is 0 Å². The predicted molar refractivity (Wildman–Crippen MR) is 48.2 cm³/mol. The quantitative estimate of drug-likeness (QED) is 0.210. The zero-order chi connectivity index (χ0) is 10.7. The first-order valence-electron chi connectivity index (χ1n) is 2.83. The van der Waals surface area contributed by atoms with E-state index in [4.69, 9.17) is 21.0 Å². The first kappa shape index (κ1) is 49.6. The largest absolute Gasteiger partial charge is 1.00 e. The summed E-state index contributed by atoms with van der Waals surface area (Å²) in [5.74, 6) is -1.24. The number of carbonyl (C=O) groups is 1. The van der Waals surface area contributed by atoms with Crippen molar-refractivity contribution in [3.8, 4) is 0 Å². The summed E-state index contributed by atoms with van der Waals surface area (Å²) in [6, 6.07) is 4.62. The fourth-order valence-corrected chi connectivity index (χ4v) is 0.484. The summed E-state index contributed by atoms with van der Waals surface area (Å²) >= 11 is 0. The summed E-state index contributed by atoms with van der Waals surface area (Å²) in [6.07, 6.45) is 1.41. The second kappa shape index (κ2) is 42.7. The molecular formula is C6H13K2NO9V. The Morgan fingerprint density at radius 2 is 1.42 bits per heavy atom. The molecule has 0 saturated heterocycles. The van der Waals surface area contributed by atoms with Crippen LogP contribution in [0.3, 0.4) is 0 Å². The van der Waals surface area contributed by atoms with Gasteiger partial charge in [0.2, 0.25) is 0 Å². The van der Waals surface area contributed by atoms with Crippen LogP contribution in [0.5, 0.6) is 0 Å². The molecule has 1 rings (SSSR count). The van der Waals surface area contributed by atoms with E-state index in [2.05, 4.69) is 4.98 Å². The van der Waals surface area contributed by atoms with Crippen molar-refractivity contribution in [3.05, 3.63) is 30.1 Å². The van der Waals surface area contributed by atoms with Gasteiger partial charge in [-0.15, -0.1) is 0 Å². The Bertz CT molecular complexity index is 231. The van der Waals surface area contributed by atoms with Crippen LogP contribution in [0.25, 0.3) is 0 Å². The van der Waals surface area contributed by atoms with Crippen LogP contribution in [-0.2, 0) is 18.6 Å². The molecule has 9 N–H and O–H groups in total. The summed E-state index contributed by atoms with van der Waals surface area (Å²) in [5, 5.41) is 34.0. The zero-order valence-corrected chi connectivity index (χ0v) is 17.9. The smallest absolute Gasteiger partial charge is 0.870 e. The van der Waals surface area contributed by atoms with Gasteiger partial charge in [-0.05, 0) is 12.1 Å². The minimum absolute atomic E-state index is 0. The van der Waals surface area contributed by atoms with E-state index in [1.165, 1.54) is 12.3 Å². The average Bonchev–Trinajstić information content (AvgIpc) is 2.25. The number of carboxylic acid groups (broad SMARTS) is 1. The SMILES string of the molecule is O.O.O=C([O-])c1ccccn1.OO.OO.[K+].[K+].[OH-].[V]. The van der Waals surface area contributed by atoms with Crippen LogP contribution in [0.15, 0.2) is 24.4 Å². The molecule has 19 heavy (non-hydrogen) atoms. The number of hydrogen-bond donors (Lipinski definition) is 4. The Morgan fingerprint density at radius 1 is 1.05 bits per heavy atom. The van der Waals surface area contributed by atoms with Gasteiger partial charge in [0.1, 0.15) is 0 Å². The van der Waals surface area contributed by atoms with E-state index in [9.17, 15) is 9.90 Å². The fourth-order valence-electron chi connectivity index (χ4n) is 0.484. The van der Waals surface area contributed by atoms with Crippen molar-refractivity contribution in [1.29, 1.82) is 0 Å². The first-order chi connectivity index (χ1) is 6.30. The van der Waals surface area contributed by atoms with Gasteiger partial charge in [-0.3, -0.25) is 26.0 Å². The third kappa shape index (κ3) is 33.2. The molecule has 0 atom stereocenters. The molecule has 0 amide bonds. The topological polar surface area (TPSA) is 227 Å². The van der Waals surface area contributed by atoms with Gasteiger partial charge in [-0.25, -0.2) is 0 Å². The molecule has 0 bridgehead atoms. The van der Waals surface area contributed by atoms with Gasteiger partial charge in [0.25, 0.3) is 0 Å². The number of carbonyl (C=O) groups excluding carboxylic acids is 1. The number of rotatable bonds is 1. The van der Waals surface area contributed by atoms with Crippen molar-refractivity contribution in [3.63, 3.8) is 0 Å². The van der Waals surface area contributed by atoms with Crippen molar-refractivity contribution in [2.75, 3.05) is 0 Å². The van der Waals surface area contributed by atoms with Crippen LogP contribution in [0.1, 0.15) is 10.5 Å². The van der Waals surface area contributed by atoms with E-state index in [1.54, 1.807) is 12.1 Å². The number of carboxylic acids is 1. The Balaban J connectivity index is -0.0000000187. The maximum Gasteiger partial charge on any atom is 1.00 e. The zero-order valence-electron chi connectivity index (χ0n) is 10.3. The molecule has 0 unspecified atom stereocenters. The minimum atomic E-state index is -1.24. The molecule has 0 aromatic carbocycles. The van der Waals surface area contributed by atoms with Crippen molar-refractivity contribution < 1.29 is 169 Å². The third-order valence-electron chi connectivity index (χ3n) is 0.874. The molecule has 1 heterocycles. The molecule has 13 heteroatoms. The Labute approximate surface area is 205 Å². The maximum atomic E-state index is 10.0. The van der Waals surface area contributed by atoms with Crippen LogP contribution < -0.4 is 108 Å².